The summed E-state index contributed by atoms with van der Waals surface area (Å²) in [6, 6.07) is 5.00. The summed E-state index contributed by atoms with van der Waals surface area (Å²) in [6.45, 7) is 2.56. The first-order chi connectivity index (χ1) is 9.56. The van der Waals surface area contributed by atoms with E-state index < -0.39 is 0 Å². The first-order valence-corrected chi connectivity index (χ1v) is 7.24. The van der Waals surface area contributed by atoms with Crippen LogP contribution in [0.4, 0.5) is 5.69 Å². The maximum atomic E-state index is 11.9. The molecule has 1 aliphatic heterocycles. The number of carbonyl (C=O) groups excluding carboxylic acids is 2. The topological polar surface area (TPSA) is 66.8 Å². The van der Waals surface area contributed by atoms with Crippen molar-refractivity contribution in [3.63, 3.8) is 0 Å². The molecule has 6 heteroatoms. The molecule has 20 heavy (non-hydrogen) atoms. The summed E-state index contributed by atoms with van der Waals surface area (Å²) in [5.74, 6) is -0.437. The number of halogens is 1. The maximum Gasteiger partial charge on any atom is 0.338 e. The van der Waals surface area contributed by atoms with E-state index >= 15 is 0 Å². The molecular formula is C14H16BrNO4. The van der Waals surface area contributed by atoms with Gasteiger partial charge in [0.05, 0.1) is 17.9 Å². The van der Waals surface area contributed by atoms with Crippen LogP contribution in [-0.2, 0) is 9.53 Å². The van der Waals surface area contributed by atoms with Crippen LogP contribution in [0.1, 0.15) is 23.7 Å². The molecular weight excluding hydrogens is 326 g/mol. The lowest BCUT2D eigenvalue weighted by molar-refractivity contribution is -0.117. The summed E-state index contributed by atoms with van der Waals surface area (Å²) in [4.78, 5) is 25.2. The molecule has 1 atom stereocenters. The van der Waals surface area contributed by atoms with E-state index in [4.69, 9.17) is 9.84 Å². The van der Waals surface area contributed by atoms with Crippen LogP contribution in [0.2, 0.25) is 0 Å². The minimum Gasteiger partial charge on any atom is -0.462 e. The first-order valence-electron chi connectivity index (χ1n) is 6.44. The van der Waals surface area contributed by atoms with Crippen LogP contribution in [0, 0.1) is 5.92 Å². The number of rotatable bonds is 4. The lowest BCUT2D eigenvalue weighted by Gasteiger charge is -2.18. The van der Waals surface area contributed by atoms with E-state index in [1.807, 2.05) is 0 Å². The van der Waals surface area contributed by atoms with Crippen LogP contribution in [0.5, 0.6) is 0 Å². The lowest BCUT2D eigenvalue weighted by Crippen LogP contribution is -2.25. The van der Waals surface area contributed by atoms with Gasteiger partial charge in [-0.1, -0.05) is 0 Å². The second-order valence-corrected chi connectivity index (χ2v) is 5.50. The average molecular weight is 342 g/mol. The van der Waals surface area contributed by atoms with Crippen molar-refractivity contribution in [1.29, 1.82) is 0 Å². The molecule has 1 N–H and O–H groups in total. The molecule has 1 amide bonds. The number of aliphatic hydroxyl groups is 1. The molecule has 1 saturated heterocycles. The van der Waals surface area contributed by atoms with Gasteiger partial charge in [-0.3, -0.25) is 4.79 Å². The Morgan fingerprint density at radius 1 is 1.55 bits per heavy atom. The average Bonchev–Trinajstić information content (AvgIpc) is 2.80. The highest BCUT2D eigenvalue weighted by atomic mass is 79.9. The number of ether oxygens (including phenoxy) is 1. The third-order valence-corrected chi connectivity index (χ3v) is 3.85. The number of nitrogens with zero attached hydrogens (tertiary/aromatic N) is 1. The highest BCUT2D eigenvalue weighted by molar-refractivity contribution is 9.10. The zero-order chi connectivity index (χ0) is 14.7. The van der Waals surface area contributed by atoms with E-state index in [0.29, 0.717) is 35.3 Å². The van der Waals surface area contributed by atoms with Gasteiger partial charge >= 0.3 is 5.97 Å². The largest absolute Gasteiger partial charge is 0.462 e. The van der Waals surface area contributed by atoms with Gasteiger partial charge in [-0.15, -0.1) is 0 Å². The Kier molecular flexibility index (Phi) is 4.77. The number of amides is 1. The van der Waals surface area contributed by atoms with Crippen molar-refractivity contribution in [1.82, 2.24) is 0 Å². The fourth-order valence-electron chi connectivity index (χ4n) is 2.20. The maximum absolute atomic E-state index is 11.9. The van der Waals surface area contributed by atoms with E-state index in [1.165, 1.54) is 0 Å². The van der Waals surface area contributed by atoms with Crippen LogP contribution in [0.3, 0.4) is 0 Å². The highest BCUT2D eigenvalue weighted by Gasteiger charge is 2.31. The Hall–Kier alpha value is -1.40. The molecule has 1 heterocycles. The van der Waals surface area contributed by atoms with Crippen LogP contribution < -0.4 is 4.90 Å². The van der Waals surface area contributed by atoms with E-state index in [0.717, 1.165) is 0 Å². The molecule has 2 rings (SSSR count). The molecule has 0 aromatic heterocycles. The van der Waals surface area contributed by atoms with Crippen molar-refractivity contribution in [3.8, 4) is 0 Å². The summed E-state index contributed by atoms with van der Waals surface area (Å²) in [7, 11) is 0. The number of benzene rings is 1. The molecule has 1 unspecified atom stereocenters. The minimum atomic E-state index is -0.388. The lowest BCUT2D eigenvalue weighted by atomic mass is 10.1. The molecule has 0 bridgehead atoms. The monoisotopic (exact) mass is 341 g/mol. The van der Waals surface area contributed by atoms with Crippen molar-refractivity contribution in [2.45, 2.75) is 13.3 Å². The van der Waals surface area contributed by atoms with Crippen molar-refractivity contribution in [2.24, 2.45) is 5.92 Å². The summed E-state index contributed by atoms with van der Waals surface area (Å²) in [6.07, 6.45) is 0.350. The van der Waals surface area contributed by atoms with E-state index in [2.05, 4.69) is 15.9 Å². The van der Waals surface area contributed by atoms with Gasteiger partial charge in [0.15, 0.2) is 0 Å². The molecule has 1 aliphatic rings. The number of aliphatic hydroxyl groups excluding tert-OH is 1. The van der Waals surface area contributed by atoms with Gasteiger partial charge in [-0.25, -0.2) is 4.79 Å². The van der Waals surface area contributed by atoms with Crippen LogP contribution in [-0.4, -0.2) is 36.7 Å². The van der Waals surface area contributed by atoms with Crippen LogP contribution in [0.25, 0.3) is 0 Å². The number of anilines is 1. The van der Waals surface area contributed by atoms with Crippen molar-refractivity contribution < 1.29 is 19.4 Å². The quantitative estimate of drug-likeness (QED) is 0.850. The van der Waals surface area contributed by atoms with Gasteiger partial charge in [0, 0.05) is 30.0 Å². The molecule has 1 aromatic rings. The third-order valence-electron chi connectivity index (χ3n) is 3.21. The molecule has 0 aliphatic carbocycles. The summed E-state index contributed by atoms with van der Waals surface area (Å²) in [5.41, 5.74) is 1.15. The highest BCUT2D eigenvalue weighted by Crippen LogP contribution is 2.32. The molecule has 0 spiro atoms. The third kappa shape index (κ3) is 3.02. The zero-order valence-electron chi connectivity index (χ0n) is 11.1. The second kappa shape index (κ2) is 6.37. The Labute approximate surface area is 125 Å². The summed E-state index contributed by atoms with van der Waals surface area (Å²) >= 11 is 3.38. The Balaban J connectivity index is 2.22. The molecule has 1 aromatic carbocycles. The Morgan fingerprint density at radius 2 is 2.30 bits per heavy atom. The standard InChI is InChI=1S/C14H16BrNO4/c1-2-20-14(19)10-3-4-12(11(15)6-10)16-7-9(8-17)5-13(16)18/h3-4,6,9,17H,2,5,7-8H2,1H3. The van der Waals surface area contributed by atoms with Crippen molar-refractivity contribution >= 4 is 33.5 Å². The second-order valence-electron chi connectivity index (χ2n) is 4.64. The molecule has 5 nitrogen and oxygen atoms in total. The van der Waals surface area contributed by atoms with E-state index in [1.54, 1.807) is 30.0 Å². The fraction of sp³-hybridized carbons (Fsp3) is 0.429. The van der Waals surface area contributed by atoms with Gasteiger partial charge < -0.3 is 14.7 Å². The van der Waals surface area contributed by atoms with Gasteiger partial charge in [0.1, 0.15) is 0 Å². The normalized spacial score (nSPS) is 18.4. The molecule has 0 radical (unpaired) electrons. The number of carbonyl (C=O) groups is 2. The molecule has 0 saturated carbocycles. The smallest absolute Gasteiger partial charge is 0.338 e. The van der Waals surface area contributed by atoms with Gasteiger partial charge in [0.25, 0.3) is 0 Å². The Bertz CT molecular complexity index is 532. The first kappa shape index (κ1) is 15.0. The summed E-state index contributed by atoms with van der Waals surface area (Å²) < 4.78 is 5.59. The number of hydrogen-bond acceptors (Lipinski definition) is 4. The molecule has 1 fully saturated rings. The zero-order valence-corrected chi connectivity index (χ0v) is 12.7. The van der Waals surface area contributed by atoms with Crippen molar-refractivity contribution in [2.75, 3.05) is 24.7 Å². The summed E-state index contributed by atoms with van der Waals surface area (Å²) in [5, 5.41) is 9.14. The predicted octanol–water partition coefficient (Wildman–Crippen LogP) is 1.97. The molecule has 108 valence electrons. The number of esters is 1. The van der Waals surface area contributed by atoms with Crippen LogP contribution >= 0.6 is 15.9 Å². The van der Waals surface area contributed by atoms with Crippen LogP contribution in [0.15, 0.2) is 22.7 Å². The SMILES string of the molecule is CCOC(=O)c1ccc(N2CC(CO)CC2=O)c(Br)c1. The van der Waals surface area contributed by atoms with E-state index in [-0.39, 0.29) is 24.4 Å². The number of hydrogen-bond donors (Lipinski definition) is 1. The van der Waals surface area contributed by atoms with Gasteiger partial charge in [-0.2, -0.15) is 0 Å². The van der Waals surface area contributed by atoms with E-state index in [9.17, 15) is 9.59 Å². The van der Waals surface area contributed by atoms with Crippen molar-refractivity contribution in [3.05, 3.63) is 28.2 Å². The van der Waals surface area contributed by atoms with Gasteiger partial charge in [-0.05, 0) is 41.1 Å². The minimum absolute atomic E-state index is 0.000762. The van der Waals surface area contributed by atoms with Gasteiger partial charge in [0.2, 0.25) is 5.91 Å². The predicted molar refractivity (Wildman–Crippen MR) is 77.6 cm³/mol. The fourth-order valence-corrected chi connectivity index (χ4v) is 2.80. The Morgan fingerprint density at radius 3 is 2.85 bits per heavy atom.